The quantitative estimate of drug-likeness (QED) is 0.477. The van der Waals surface area contributed by atoms with Crippen LogP contribution >= 0.6 is 11.8 Å². The summed E-state index contributed by atoms with van der Waals surface area (Å²) in [5, 5.41) is 9.94. The summed E-state index contributed by atoms with van der Waals surface area (Å²) < 4.78 is 11.0. The zero-order valence-corrected chi connectivity index (χ0v) is 16.5. The Bertz CT molecular complexity index is 1020. The fourth-order valence-corrected chi connectivity index (χ4v) is 3.50. The minimum Gasteiger partial charge on any atom is -0.497 e. The van der Waals surface area contributed by atoms with Gasteiger partial charge >= 0.3 is 0 Å². The van der Waals surface area contributed by atoms with Gasteiger partial charge in [-0.15, -0.1) is 0 Å². The van der Waals surface area contributed by atoms with Gasteiger partial charge in [0.25, 0.3) is 0 Å². The van der Waals surface area contributed by atoms with Crippen molar-refractivity contribution in [1.82, 2.24) is 9.97 Å². The van der Waals surface area contributed by atoms with E-state index in [1.807, 2.05) is 30.3 Å². The van der Waals surface area contributed by atoms with E-state index in [1.54, 1.807) is 13.2 Å². The van der Waals surface area contributed by atoms with Crippen LogP contribution in [-0.2, 0) is 12.4 Å². The molecule has 6 nitrogen and oxygen atoms in total. The van der Waals surface area contributed by atoms with Gasteiger partial charge in [0.15, 0.2) is 5.16 Å². The van der Waals surface area contributed by atoms with Crippen LogP contribution in [0.5, 0.6) is 11.5 Å². The molecule has 1 heterocycles. The molecule has 0 aliphatic heterocycles. The number of aryl methyl sites for hydroxylation is 1. The highest BCUT2D eigenvalue weighted by Crippen LogP contribution is 2.25. The van der Waals surface area contributed by atoms with Gasteiger partial charge in [-0.3, -0.25) is 0 Å². The number of methoxy groups -OCH3 is 1. The van der Waals surface area contributed by atoms with E-state index < -0.39 is 0 Å². The molecule has 1 aromatic heterocycles. The number of nitrogens with zero attached hydrogens (tertiary/aromatic N) is 3. The van der Waals surface area contributed by atoms with Gasteiger partial charge in [0.2, 0.25) is 0 Å². The number of nitrogen functional groups attached to an aromatic ring is 1. The molecule has 7 heteroatoms. The zero-order chi connectivity index (χ0) is 19.9. The molecule has 0 atom stereocenters. The average molecular weight is 392 g/mol. The third-order valence-electron chi connectivity index (χ3n) is 4.14. The molecule has 0 bridgehead atoms. The van der Waals surface area contributed by atoms with Crippen molar-refractivity contribution < 1.29 is 9.47 Å². The van der Waals surface area contributed by atoms with Gasteiger partial charge in [-0.1, -0.05) is 42.1 Å². The second-order valence-electron chi connectivity index (χ2n) is 6.01. The second kappa shape index (κ2) is 9.11. The van der Waals surface area contributed by atoms with Crippen molar-refractivity contribution >= 4 is 17.6 Å². The number of nitrogens with two attached hydrogens (primary N) is 1. The first-order valence-electron chi connectivity index (χ1n) is 8.61. The van der Waals surface area contributed by atoms with E-state index in [9.17, 15) is 5.26 Å². The maximum Gasteiger partial charge on any atom is 0.190 e. The molecule has 2 aromatic carbocycles. The summed E-state index contributed by atoms with van der Waals surface area (Å²) in [6.45, 7) is 2.18. The number of hydrogen-bond donors (Lipinski definition) is 1. The lowest BCUT2D eigenvalue weighted by Crippen LogP contribution is -2.08. The van der Waals surface area contributed by atoms with Gasteiger partial charge in [-0.05, 0) is 30.2 Å². The standard InChI is InChI=1S/C21H20N4O2S/c1-14-6-3-4-7-15(14)13-28-21-24-19(18(11-22)20(23)25-21)12-27-17-9-5-8-16(10-17)26-2/h3-10H,12-13H2,1-2H3,(H2,23,24,25). The Morgan fingerprint density at radius 3 is 2.64 bits per heavy atom. The molecule has 0 spiro atoms. The van der Waals surface area contributed by atoms with Crippen molar-refractivity contribution in [3.05, 3.63) is 70.9 Å². The maximum absolute atomic E-state index is 9.42. The molecule has 0 radical (unpaired) electrons. The van der Waals surface area contributed by atoms with E-state index in [4.69, 9.17) is 15.2 Å². The summed E-state index contributed by atoms with van der Waals surface area (Å²) in [7, 11) is 1.59. The van der Waals surface area contributed by atoms with Gasteiger partial charge in [0.1, 0.15) is 41.3 Å². The summed E-state index contributed by atoms with van der Waals surface area (Å²) in [5.41, 5.74) is 9.09. The molecule has 0 aliphatic carbocycles. The Kier molecular flexibility index (Phi) is 6.35. The molecule has 0 saturated heterocycles. The van der Waals surface area contributed by atoms with Crippen molar-refractivity contribution in [3.8, 4) is 17.6 Å². The van der Waals surface area contributed by atoms with Crippen molar-refractivity contribution in [2.45, 2.75) is 24.4 Å². The SMILES string of the molecule is COc1cccc(OCc2nc(SCc3ccccc3C)nc(N)c2C#N)c1. The molecule has 0 amide bonds. The monoisotopic (exact) mass is 392 g/mol. The van der Waals surface area contributed by atoms with E-state index in [-0.39, 0.29) is 18.0 Å². The lowest BCUT2D eigenvalue weighted by Gasteiger charge is -2.11. The lowest BCUT2D eigenvalue weighted by molar-refractivity contribution is 0.297. The number of hydrogen-bond acceptors (Lipinski definition) is 7. The molecule has 142 valence electrons. The van der Waals surface area contributed by atoms with Gasteiger partial charge < -0.3 is 15.2 Å². The topological polar surface area (TPSA) is 94.1 Å². The van der Waals surface area contributed by atoms with Crippen LogP contribution in [0.25, 0.3) is 0 Å². The van der Waals surface area contributed by atoms with Crippen LogP contribution in [0, 0.1) is 18.3 Å². The molecule has 28 heavy (non-hydrogen) atoms. The predicted molar refractivity (Wildman–Crippen MR) is 109 cm³/mol. The lowest BCUT2D eigenvalue weighted by atomic mass is 10.1. The average Bonchev–Trinajstić information content (AvgIpc) is 2.71. The highest BCUT2D eigenvalue weighted by Gasteiger charge is 2.14. The summed E-state index contributed by atoms with van der Waals surface area (Å²) in [5.74, 6) is 2.19. The number of benzene rings is 2. The zero-order valence-electron chi connectivity index (χ0n) is 15.7. The molecule has 0 fully saturated rings. The number of ether oxygens (including phenoxy) is 2. The number of thioether (sulfide) groups is 1. The van der Waals surface area contributed by atoms with Crippen LogP contribution in [0.1, 0.15) is 22.4 Å². The number of nitriles is 1. The summed E-state index contributed by atoms with van der Waals surface area (Å²) in [6, 6.07) is 17.5. The van der Waals surface area contributed by atoms with E-state index in [1.165, 1.54) is 22.9 Å². The molecular formula is C21H20N4O2S. The minimum atomic E-state index is 0.112. The van der Waals surface area contributed by atoms with E-state index in [0.29, 0.717) is 28.1 Å². The van der Waals surface area contributed by atoms with Crippen LogP contribution < -0.4 is 15.2 Å². The predicted octanol–water partition coefficient (Wildman–Crippen LogP) is 4.12. The molecule has 0 saturated carbocycles. The van der Waals surface area contributed by atoms with Crippen molar-refractivity contribution in [2.75, 3.05) is 12.8 Å². The van der Waals surface area contributed by atoms with E-state index in [2.05, 4.69) is 35.1 Å². The van der Waals surface area contributed by atoms with Gasteiger partial charge in [-0.25, -0.2) is 9.97 Å². The number of aromatic nitrogens is 2. The Balaban J connectivity index is 1.78. The van der Waals surface area contributed by atoms with Crippen LogP contribution in [0.4, 0.5) is 5.82 Å². The summed E-state index contributed by atoms with van der Waals surface area (Å²) >= 11 is 1.48. The highest BCUT2D eigenvalue weighted by atomic mass is 32.2. The first kappa shape index (κ1) is 19.5. The number of rotatable bonds is 7. The Hall–Kier alpha value is -3.24. The van der Waals surface area contributed by atoms with Gasteiger partial charge in [0, 0.05) is 11.8 Å². The van der Waals surface area contributed by atoms with Crippen LogP contribution in [-0.4, -0.2) is 17.1 Å². The summed E-state index contributed by atoms with van der Waals surface area (Å²) in [6.07, 6.45) is 0. The van der Waals surface area contributed by atoms with E-state index >= 15 is 0 Å². The summed E-state index contributed by atoms with van der Waals surface area (Å²) in [4.78, 5) is 8.76. The van der Waals surface area contributed by atoms with Crippen LogP contribution in [0.3, 0.4) is 0 Å². The fourth-order valence-electron chi connectivity index (χ4n) is 2.55. The molecule has 0 aliphatic rings. The second-order valence-corrected chi connectivity index (χ2v) is 6.95. The van der Waals surface area contributed by atoms with Crippen LogP contribution in [0.2, 0.25) is 0 Å². The number of anilines is 1. The largest absolute Gasteiger partial charge is 0.497 e. The smallest absolute Gasteiger partial charge is 0.190 e. The minimum absolute atomic E-state index is 0.112. The van der Waals surface area contributed by atoms with Crippen LogP contribution in [0.15, 0.2) is 53.7 Å². The normalized spacial score (nSPS) is 10.3. The third-order valence-corrected chi connectivity index (χ3v) is 5.03. The van der Waals surface area contributed by atoms with Gasteiger partial charge in [0.05, 0.1) is 7.11 Å². The van der Waals surface area contributed by atoms with Crippen molar-refractivity contribution in [3.63, 3.8) is 0 Å². The fraction of sp³-hybridized carbons (Fsp3) is 0.190. The van der Waals surface area contributed by atoms with Gasteiger partial charge in [-0.2, -0.15) is 5.26 Å². The maximum atomic E-state index is 9.42. The molecule has 3 aromatic rings. The Labute approximate surface area is 168 Å². The van der Waals surface area contributed by atoms with Crippen molar-refractivity contribution in [2.24, 2.45) is 0 Å². The Morgan fingerprint density at radius 1 is 1.11 bits per heavy atom. The molecule has 2 N–H and O–H groups in total. The molecular weight excluding hydrogens is 372 g/mol. The van der Waals surface area contributed by atoms with Crippen molar-refractivity contribution in [1.29, 1.82) is 5.26 Å². The molecule has 0 unspecified atom stereocenters. The third kappa shape index (κ3) is 4.72. The first-order chi connectivity index (χ1) is 13.6. The Morgan fingerprint density at radius 2 is 1.89 bits per heavy atom. The highest BCUT2D eigenvalue weighted by molar-refractivity contribution is 7.98. The molecule has 3 rings (SSSR count). The van der Waals surface area contributed by atoms with E-state index in [0.717, 1.165) is 0 Å². The first-order valence-corrected chi connectivity index (χ1v) is 9.60.